The van der Waals surface area contributed by atoms with Crippen molar-refractivity contribution < 1.29 is 13.6 Å². The van der Waals surface area contributed by atoms with Crippen molar-refractivity contribution in [3.63, 3.8) is 0 Å². The molecule has 2 aromatic heterocycles. The molecule has 3 heterocycles. The number of aromatic nitrogens is 2. The highest BCUT2D eigenvalue weighted by Gasteiger charge is 2.30. The Morgan fingerprint density at radius 1 is 1.39 bits per heavy atom. The van der Waals surface area contributed by atoms with Crippen molar-refractivity contribution in [2.45, 2.75) is 19.4 Å². The molecule has 1 saturated heterocycles. The molecule has 1 aliphatic heterocycles. The lowest BCUT2D eigenvalue weighted by molar-refractivity contribution is 0.0632. The third kappa shape index (κ3) is 3.23. The number of nitrogens with two attached hydrogens (primary N) is 1. The molecule has 0 bridgehead atoms. The van der Waals surface area contributed by atoms with Gasteiger partial charge in [-0.15, -0.1) is 11.3 Å². The highest BCUT2D eigenvalue weighted by molar-refractivity contribution is 7.23. The zero-order chi connectivity index (χ0) is 23.3. The Morgan fingerprint density at radius 2 is 2.21 bits per heavy atom. The minimum Gasteiger partial charge on any atom is -0.389 e. The number of rotatable bonds is 3. The third-order valence-electron chi connectivity index (χ3n) is 6.20. The van der Waals surface area contributed by atoms with E-state index in [2.05, 4.69) is 15.5 Å². The maximum Gasteiger partial charge on any atom is 0.256 e. The number of anilines is 1. The summed E-state index contributed by atoms with van der Waals surface area (Å²) in [5, 5.41) is 20.6. The fourth-order valence-electron chi connectivity index (χ4n) is 4.58. The Hall–Kier alpha value is -3.55. The first-order valence-corrected chi connectivity index (χ1v) is 11.4. The van der Waals surface area contributed by atoms with E-state index in [1.54, 1.807) is 4.90 Å². The molecular weight excluding hydrogens is 446 g/mol. The second-order valence-electron chi connectivity index (χ2n) is 7.96. The largest absolute Gasteiger partial charge is 0.389 e. The van der Waals surface area contributed by atoms with Gasteiger partial charge in [-0.3, -0.25) is 9.89 Å². The summed E-state index contributed by atoms with van der Waals surface area (Å²) in [7, 11) is 0. The summed E-state index contributed by atoms with van der Waals surface area (Å²) >= 11 is 0.949. The van der Waals surface area contributed by atoms with Gasteiger partial charge < -0.3 is 16.0 Å². The van der Waals surface area contributed by atoms with Gasteiger partial charge in [0.2, 0.25) is 0 Å². The Balaban J connectivity index is 1.73. The lowest BCUT2D eigenvalue weighted by Gasteiger charge is -2.36. The molecule has 0 radical (unpaired) electrons. The van der Waals surface area contributed by atoms with Crippen LogP contribution >= 0.6 is 11.3 Å². The van der Waals surface area contributed by atoms with Crippen molar-refractivity contribution >= 4 is 43.2 Å². The van der Waals surface area contributed by atoms with Crippen LogP contribution in [0.5, 0.6) is 0 Å². The summed E-state index contributed by atoms with van der Waals surface area (Å²) in [4.78, 5) is 15.2. The number of nitriles is 1. The highest BCUT2D eigenvalue weighted by atomic mass is 32.1. The first kappa shape index (κ1) is 21.3. The molecule has 33 heavy (non-hydrogen) atoms. The van der Waals surface area contributed by atoms with Gasteiger partial charge in [0.15, 0.2) is 0 Å². The monoisotopic (exact) mass is 466 g/mol. The van der Waals surface area contributed by atoms with Crippen molar-refractivity contribution in [3.8, 4) is 17.2 Å². The smallest absolute Gasteiger partial charge is 0.256 e. The van der Waals surface area contributed by atoms with Crippen LogP contribution in [0.15, 0.2) is 24.4 Å². The topological polar surface area (TPSA) is 111 Å². The quantitative estimate of drug-likeness (QED) is 0.423. The molecule has 1 unspecified atom stereocenters. The van der Waals surface area contributed by atoms with Crippen LogP contribution in [0.1, 0.15) is 29.3 Å². The zero-order valence-electron chi connectivity index (χ0n) is 17.7. The molecule has 7 nitrogen and oxygen atoms in total. The summed E-state index contributed by atoms with van der Waals surface area (Å²) in [6, 6.07) is 5.87. The zero-order valence-corrected chi connectivity index (χ0v) is 18.5. The molecule has 5 rings (SSSR count). The lowest BCUT2D eigenvalue weighted by Crippen LogP contribution is -2.53. The lowest BCUT2D eigenvalue weighted by atomic mass is 9.94. The van der Waals surface area contributed by atoms with E-state index in [1.165, 1.54) is 24.4 Å². The summed E-state index contributed by atoms with van der Waals surface area (Å²) in [5.74, 6) is -1.46. The molecule has 1 amide bonds. The van der Waals surface area contributed by atoms with Crippen LogP contribution in [0.25, 0.3) is 32.1 Å². The number of hydrogen-bond donors (Lipinski definition) is 3. The first-order valence-electron chi connectivity index (χ1n) is 10.5. The van der Waals surface area contributed by atoms with Gasteiger partial charge in [-0.1, -0.05) is 13.0 Å². The molecule has 1 atom stereocenters. The van der Waals surface area contributed by atoms with Crippen molar-refractivity contribution in [3.05, 3.63) is 47.2 Å². The number of benzene rings is 2. The van der Waals surface area contributed by atoms with Gasteiger partial charge in [-0.25, -0.2) is 8.78 Å². The fraction of sp³-hybridized carbons (Fsp3) is 0.261. The van der Waals surface area contributed by atoms with Crippen LogP contribution in [0, 0.1) is 23.0 Å². The second kappa shape index (κ2) is 8.10. The number of carbonyl (C=O) groups excluding carboxylic acids is 1. The number of hydrogen-bond acceptors (Lipinski definition) is 6. The molecule has 2 aromatic carbocycles. The van der Waals surface area contributed by atoms with Gasteiger partial charge >= 0.3 is 0 Å². The number of fused-ring (bicyclic) bond motifs is 2. The molecule has 0 aliphatic carbocycles. The Labute approximate surface area is 191 Å². The number of halogens is 2. The standard InChI is InChI=1S/C23H20F2N6OS/c1-2-11-9-28-5-6-31(11)23(32)13-7-17(25)18(15-10-29-30-20(13)15)12-3-4-16(24)21-19(12)14(8-26)22(27)33-21/h3-4,7,10-11,28H,2,5-6,9,27H2,1H3,(H,29,30). The number of amides is 1. The van der Waals surface area contributed by atoms with E-state index in [0.29, 0.717) is 36.1 Å². The number of piperazine rings is 1. The SMILES string of the molecule is CCC1CNCCN1C(=O)c1cc(F)c(-c2ccc(F)c3sc(N)c(C#N)c23)c2cn[nH]c12. The Kier molecular flexibility index (Phi) is 5.23. The Morgan fingerprint density at radius 3 is 2.97 bits per heavy atom. The van der Waals surface area contributed by atoms with Crippen LogP contribution < -0.4 is 11.1 Å². The number of nitrogens with one attached hydrogen (secondary N) is 2. The molecule has 10 heteroatoms. The highest BCUT2D eigenvalue weighted by Crippen LogP contribution is 2.43. The average Bonchev–Trinajstić information content (AvgIpc) is 3.43. The van der Waals surface area contributed by atoms with Gasteiger partial charge in [0.1, 0.15) is 22.7 Å². The van der Waals surface area contributed by atoms with Gasteiger partial charge in [-0.2, -0.15) is 10.4 Å². The number of carbonyl (C=O) groups is 1. The fourth-order valence-corrected chi connectivity index (χ4v) is 5.53. The summed E-state index contributed by atoms with van der Waals surface area (Å²) in [6.45, 7) is 3.87. The number of thiophene rings is 1. The number of nitrogen functional groups attached to an aromatic ring is 1. The molecule has 4 aromatic rings. The molecule has 0 saturated carbocycles. The van der Waals surface area contributed by atoms with E-state index < -0.39 is 11.6 Å². The van der Waals surface area contributed by atoms with E-state index in [-0.39, 0.29) is 43.7 Å². The molecule has 4 N–H and O–H groups in total. The second-order valence-corrected chi connectivity index (χ2v) is 9.01. The van der Waals surface area contributed by atoms with E-state index in [9.17, 15) is 14.4 Å². The summed E-state index contributed by atoms with van der Waals surface area (Å²) in [6.07, 6.45) is 2.21. The molecule has 168 valence electrons. The van der Waals surface area contributed by atoms with Crippen molar-refractivity contribution in [2.24, 2.45) is 0 Å². The van der Waals surface area contributed by atoms with Crippen molar-refractivity contribution in [1.29, 1.82) is 5.26 Å². The predicted molar refractivity (Wildman–Crippen MR) is 124 cm³/mol. The molecular formula is C23H20F2N6OS. The molecule has 0 spiro atoms. The third-order valence-corrected chi connectivity index (χ3v) is 7.23. The minimum atomic E-state index is -0.656. The van der Waals surface area contributed by atoms with Crippen LogP contribution in [0.3, 0.4) is 0 Å². The van der Waals surface area contributed by atoms with Gasteiger partial charge in [0.05, 0.1) is 27.5 Å². The summed E-state index contributed by atoms with van der Waals surface area (Å²) in [5.41, 5.74) is 7.10. The van der Waals surface area contributed by atoms with E-state index in [1.807, 2.05) is 13.0 Å². The van der Waals surface area contributed by atoms with Gasteiger partial charge in [0.25, 0.3) is 5.91 Å². The first-order chi connectivity index (χ1) is 16.0. The predicted octanol–water partition coefficient (Wildman–Crippen LogP) is 4.00. The summed E-state index contributed by atoms with van der Waals surface area (Å²) < 4.78 is 30.4. The maximum atomic E-state index is 15.7. The maximum absolute atomic E-state index is 15.7. The van der Waals surface area contributed by atoms with E-state index in [0.717, 1.165) is 17.8 Å². The van der Waals surface area contributed by atoms with Gasteiger partial charge in [-0.05, 0) is 24.1 Å². The van der Waals surface area contributed by atoms with E-state index >= 15 is 4.39 Å². The van der Waals surface area contributed by atoms with Gasteiger partial charge in [0, 0.05) is 42.0 Å². The number of aromatic amines is 1. The normalized spacial score (nSPS) is 16.4. The van der Waals surface area contributed by atoms with Crippen LogP contribution in [0.4, 0.5) is 13.8 Å². The number of H-pyrrole nitrogens is 1. The van der Waals surface area contributed by atoms with Crippen LogP contribution in [0.2, 0.25) is 0 Å². The van der Waals surface area contributed by atoms with Crippen molar-refractivity contribution in [2.75, 3.05) is 25.4 Å². The van der Waals surface area contributed by atoms with Crippen molar-refractivity contribution in [1.82, 2.24) is 20.4 Å². The van der Waals surface area contributed by atoms with E-state index in [4.69, 9.17) is 5.73 Å². The Bertz CT molecular complexity index is 1450. The average molecular weight is 467 g/mol. The van der Waals surface area contributed by atoms with Crippen LogP contribution in [-0.4, -0.2) is 46.7 Å². The minimum absolute atomic E-state index is 0.00986. The van der Waals surface area contributed by atoms with Crippen LogP contribution in [-0.2, 0) is 0 Å². The molecule has 1 fully saturated rings. The molecule has 1 aliphatic rings. The number of nitrogens with zero attached hydrogens (tertiary/aromatic N) is 3.